The van der Waals surface area contributed by atoms with Gasteiger partial charge in [0.1, 0.15) is 0 Å². The van der Waals surface area contributed by atoms with E-state index >= 15 is 0 Å². The molecule has 1 fully saturated rings. The van der Waals surface area contributed by atoms with E-state index in [1.165, 1.54) is 56.9 Å². The van der Waals surface area contributed by atoms with Crippen molar-refractivity contribution in [1.29, 1.82) is 0 Å². The lowest BCUT2D eigenvalue weighted by Crippen LogP contribution is -2.20. The van der Waals surface area contributed by atoms with Gasteiger partial charge in [-0.15, -0.1) is 0 Å². The van der Waals surface area contributed by atoms with Gasteiger partial charge in [-0.1, -0.05) is 45.6 Å². The van der Waals surface area contributed by atoms with Crippen molar-refractivity contribution in [3.8, 4) is 0 Å². The van der Waals surface area contributed by atoms with Crippen LogP contribution >= 0.6 is 0 Å². The van der Waals surface area contributed by atoms with E-state index in [9.17, 15) is 0 Å². The second-order valence-corrected chi connectivity index (χ2v) is 5.23. The number of hydrogen-bond acceptors (Lipinski definition) is 2. The molecule has 0 amide bonds. The van der Waals surface area contributed by atoms with Crippen molar-refractivity contribution in [3.05, 3.63) is 12.2 Å². The molecular weight excluding hydrogens is 210 g/mol. The third kappa shape index (κ3) is 9.37. The third-order valence-corrected chi connectivity index (χ3v) is 3.17. The normalized spacial score (nSPS) is 15.1. The molecule has 1 saturated carbocycles. The minimum atomic E-state index is 0.731. The van der Waals surface area contributed by atoms with Crippen LogP contribution in [0.3, 0.4) is 0 Å². The minimum absolute atomic E-state index is 0.731. The third-order valence-electron chi connectivity index (χ3n) is 3.17. The van der Waals surface area contributed by atoms with Gasteiger partial charge >= 0.3 is 0 Å². The molecule has 0 radical (unpaired) electrons. The molecule has 0 saturated heterocycles. The molecule has 0 heterocycles. The molecule has 17 heavy (non-hydrogen) atoms. The highest BCUT2D eigenvalue weighted by atomic mass is 16.5. The second-order valence-electron chi connectivity index (χ2n) is 5.23. The van der Waals surface area contributed by atoms with Gasteiger partial charge in [-0.2, -0.15) is 0 Å². The molecule has 0 aromatic carbocycles. The quantitative estimate of drug-likeness (QED) is 0.414. The number of hydrogen-bond donors (Lipinski definition) is 1. The van der Waals surface area contributed by atoms with E-state index < -0.39 is 0 Å². The Morgan fingerprint density at radius 1 is 1.18 bits per heavy atom. The van der Waals surface area contributed by atoms with E-state index in [1.54, 1.807) is 0 Å². The molecule has 1 aliphatic carbocycles. The van der Waals surface area contributed by atoms with Crippen molar-refractivity contribution in [2.24, 2.45) is 0 Å². The smallest absolute Gasteiger partial charge is 0.0686 e. The van der Waals surface area contributed by atoms with Crippen molar-refractivity contribution in [3.63, 3.8) is 0 Å². The lowest BCUT2D eigenvalue weighted by molar-refractivity contribution is 0.150. The molecule has 0 aliphatic heterocycles. The molecule has 2 heteroatoms. The van der Waals surface area contributed by atoms with E-state index in [0.717, 1.165) is 25.8 Å². The fourth-order valence-electron chi connectivity index (χ4n) is 1.83. The first-order chi connectivity index (χ1) is 8.33. The highest BCUT2D eigenvalue weighted by Crippen LogP contribution is 2.18. The molecular formula is C15H29NO. The van der Waals surface area contributed by atoms with Crippen LogP contribution in [0.5, 0.6) is 0 Å². The maximum absolute atomic E-state index is 5.62. The van der Waals surface area contributed by atoms with Crippen LogP contribution in [0.25, 0.3) is 0 Å². The van der Waals surface area contributed by atoms with E-state index in [4.69, 9.17) is 4.74 Å². The Morgan fingerprint density at radius 2 is 1.88 bits per heavy atom. The second kappa shape index (κ2) is 9.67. The van der Waals surface area contributed by atoms with Crippen molar-refractivity contribution < 1.29 is 4.74 Å². The van der Waals surface area contributed by atoms with Crippen LogP contribution in [0, 0.1) is 0 Å². The Morgan fingerprint density at radius 3 is 2.59 bits per heavy atom. The molecule has 1 rings (SSSR count). The van der Waals surface area contributed by atoms with E-state index in [0.29, 0.717) is 0 Å². The maximum Gasteiger partial charge on any atom is 0.0686 e. The topological polar surface area (TPSA) is 21.3 Å². The Labute approximate surface area is 107 Å². The first-order valence-corrected chi connectivity index (χ1v) is 7.30. The maximum atomic E-state index is 5.62. The largest absolute Gasteiger partial charge is 0.377 e. The van der Waals surface area contributed by atoms with Crippen LogP contribution < -0.4 is 5.32 Å². The summed E-state index contributed by atoms with van der Waals surface area (Å²) in [6, 6.07) is 0.769. The summed E-state index contributed by atoms with van der Waals surface area (Å²) in [7, 11) is 0. The van der Waals surface area contributed by atoms with E-state index in [-0.39, 0.29) is 0 Å². The van der Waals surface area contributed by atoms with Gasteiger partial charge in [0.05, 0.1) is 6.61 Å². The van der Waals surface area contributed by atoms with Crippen molar-refractivity contribution in [1.82, 2.24) is 5.32 Å². The van der Waals surface area contributed by atoms with Gasteiger partial charge in [0.2, 0.25) is 0 Å². The summed E-state index contributed by atoms with van der Waals surface area (Å²) in [6.45, 7) is 8.84. The predicted octanol–water partition coefficient (Wildman–Crippen LogP) is 3.67. The fraction of sp³-hybridized carbons (Fsp3) is 0.867. The molecule has 1 N–H and O–H groups in total. The average molecular weight is 239 g/mol. The summed E-state index contributed by atoms with van der Waals surface area (Å²) in [6.07, 6.45) is 10.6. The monoisotopic (exact) mass is 239 g/mol. The van der Waals surface area contributed by atoms with E-state index in [1.807, 2.05) is 0 Å². The van der Waals surface area contributed by atoms with Gasteiger partial charge in [-0.05, 0) is 24.8 Å². The van der Waals surface area contributed by atoms with Gasteiger partial charge in [-0.25, -0.2) is 0 Å². The van der Waals surface area contributed by atoms with Gasteiger partial charge < -0.3 is 10.1 Å². The molecule has 0 aromatic rings. The highest BCUT2D eigenvalue weighted by molar-refractivity contribution is 4.99. The molecule has 0 atom stereocenters. The first kappa shape index (κ1) is 14.7. The van der Waals surface area contributed by atoms with Gasteiger partial charge in [0.15, 0.2) is 0 Å². The number of unbranched alkanes of at least 4 members (excludes halogenated alkanes) is 5. The molecule has 2 nitrogen and oxygen atoms in total. The van der Waals surface area contributed by atoms with Crippen LogP contribution in [0.15, 0.2) is 12.2 Å². The number of nitrogens with one attached hydrogen (secondary N) is 1. The molecule has 0 aromatic heterocycles. The SMILES string of the molecule is C=C(CNC1CC1)COCCCCCCCC. The molecule has 0 bridgehead atoms. The van der Waals surface area contributed by atoms with Crippen molar-refractivity contribution in [2.75, 3.05) is 19.8 Å². The number of rotatable bonds is 12. The lowest BCUT2D eigenvalue weighted by atomic mass is 10.1. The van der Waals surface area contributed by atoms with Crippen molar-refractivity contribution >= 4 is 0 Å². The summed E-state index contributed by atoms with van der Waals surface area (Å²) in [5, 5.41) is 3.45. The minimum Gasteiger partial charge on any atom is -0.377 e. The summed E-state index contributed by atoms with van der Waals surface area (Å²) < 4.78 is 5.62. The zero-order valence-corrected chi connectivity index (χ0v) is 11.5. The lowest BCUT2D eigenvalue weighted by Gasteiger charge is -2.08. The van der Waals surface area contributed by atoms with Gasteiger partial charge in [0.25, 0.3) is 0 Å². The highest BCUT2D eigenvalue weighted by Gasteiger charge is 2.19. The summed E-state index contributed by atoms with van der Waals surface area (Å²) in [5.41, 5.74) is 1.18. The summed E-state index contributed by atoms with van der Waals surface area (Å²) in [4.78, 5) is 0. The van der Waals surface area contributed by atoms with Gasteiger partial charge in [-0.3, -0.25) is 0 Å². The van der Waals surface area contributed by atoms with E-state index in [2.05, 4.69) is 18.8 Å². The van der Waals surface area contributed by atoms with Crippen LogP contribution in [-0.4, -0.2) is 25.8 Å². The summed E-state index contributed by atoms with van der Waals surface area (Å²) in [5.74, 6) is 0. The zero-order chi connectivity index (χ0) is 12.3. The van der Waals surface area contributed by atoms with Crippen LogP contribution in [0.4, 0.5) is 0 Å². The Hall–Kier alpha value is -0.340. The number of ether oxygens (including phenoxy) is 1. The predicted molar refractivity (Wildman–Crippen MR) is 74.4 cm³/mol. The summed E-state index contributed by atoms with van der Waals surface area (Å²) >= 11 is 0. The Kier molecular flexibility index (Phi) is 8.37. The zero-order valence-electron chi connectivity index (χ0n) is 11.5. The first-order valence-electron chi connectivity index (χ1n) is 7.30. The van der Waals surface area contributed by atoms with Crippen LogP contribution in [0.2, 0.25) is 0 Å². The molecule has 0 spiro atoms. The van der Waals surface area contributed by atoms with Crippen LogP contribution in [0.1, 0.15) is 58.3 Å². The Balaban J connectivity index is 1.74. The molecule has 0 unspecified atom stereocenters. The fourth-order valence-corrected chi connectivity index (χ4v) is 1.83. The molecule has 1 aliphatic rings. The molecule has 100 valence electrons. The van der Waals surface area contributed by atoms with Crippen LogP contribution in [-0.2, 0) is 4.74 Å². The average Bonchev–Trinajstić information content (AvgIpc) is 3.14. The van der Waals surface area contributed by atoms with Crippen molar-refractivity contribution in [2.45, 2.75) is 64.3 Å². The standard InChI is InChI=1S/C15H29NO/c1-3-4-5-6-7-8-11-17-13-14(2)12-16-15-9-10-15/h15-16H,2-13H2,1H3. The van der Waals surface area contributed by atoms with Gasteiger partial charge in [0, 0.05) is 19.2 Å². The Bertz CT molecular complexity index is 199.